The molecule has 3 rings (SSSR count). The number of benzene rings is 1. The van der Waals surface area contributed by atoms with Crippen LogP contribution in [0, 0.1) is 5.92 Å². The summed E-state index contributed by atoms with van der Waals surface area (Å²) >= 11 is 1.51. The molecule has 8 heteroatoms. The molecule has 0 bridgehead atoms. The van der Waals surface area contributed by atoms with E-state index in [1.165, 1.54) is 18.9 Å². The van der Waals surface area contributed by atoms with Gasteiger partial charge in [0.15, 0.2) is 16.7 Å². The molecular formula is C22H28N2O5S. The van der Waals surface area contributed by atoms with Gasteiger partial charge >= 0.3 is 5.97 Å². The number of esters is 1. The minimum absolute atomic E-state index is 0.0670. The molecule has 0 saturated carbocycles. The van der Waals surface area contributed by atoms with Crippen molar-refractivity contribution in [3.63, 3.8) is 0 Å². The van der Waals surface area contributed by atoms with Crippen molar-refractivity contribution in [3.05, 3.63) is 35.0 Å². The lowest BCUT2D eigenvalue weighted by molar-refractivity contribution is -0.137. The average molecular weight is 433 g/mol. The summed E-state index contributed by atoms with van der Waals surface area (Å²) in [6.45, 7) is 6.64. The average Bonchev–Trinajstić information content (AvgIpc) is 2.72. The van der Waals surface area contributed by atoms with E-state index in [4.69, 9.17) is 14.2 Å². The minimum atomic E-state index is -0.621. The third-order valence-corrected chi connectivity index (χ3v) is 6.02. The number of amidine groups is 1. The van der Waals surface area contributed by atoms with Crippen LogP contribution in [0.5, 0.6) is 11.5 Å². The summed E-state index contributed by atoms with van der Waals surface area (Å²) in [5, 5.41) is 0.609. The van der Waals surface area contributed by atoms with Crippen molar-refractivity contribution in [1.82, 2.24) is 4.90 Å². The molecule has 0 radical (unpaired) electrons. The highest BCUT2D eigenvalue weighted by atomic mass is 32.2. The third kappa shape index (κ3) is 4.48. The Morgan fingerprint density at radius 1 is 1.30 bits per heavy atom. The van der Waals surface area contributed by atoms with Gasteiger partial charge in [0.25, 0.3) is 0 Å². The quantitative estimate of drug-likeness (QED) is 0.608. The maximum absolute atomic E-state index is 12.8. The number of methoxy groups -OCH3 is 2. The van der Waals surface area contributed by atoms with E-state index in [-0.39, 0.29) is 5.91 Å². The first-order valence-corrected chi connectivity index (χ1v) is 11.0. The van der Waals surface area contributed by atoms with E-state index in [1.54, 1.807) is 18.9 Å². The van der Waals surface area contributed by atoms with Crippen LogP contribution in [0.3, 0.4) is 0 Å². The molecule has 1 amide bonds. The fraction of sp³-hybridized carbons (Fsp3) is 0.500. The minimum Gasteiger partial charge on any atom is -0.493 e. The molecule has 0 aliphatic carbocycles. The van der Waals surface area contributed by atoms with Crippen molar-refractivity contribution < 1.29 is 23.8 Å². The molecule has 1 saturated heterocycles. The monoisotopic (exact) mass is 432 g/mol. The fourth-order valence-electron chi connectivity index (χ4n) is 3.46. The normalized spacial score (nSPS) is 18.9. The second-order valence-electron chi connectivity index (χ2n) is 7.59. The number of rotatable bonds is 7. The van der Waals surface area contributed by atoms with Crippen LogP contribution < -0.4 is 9.47 Å². The number of nitrogens with zero attached hydrogens (tertiary/aromatic N) is 2. The molecule has 0 spiro atoms. The first-order valence-electron chi connectivity index (χ1n) is 10.0. The van der Waals surface area contributed by atoms with Crippen LogP contribution in [0.15, 0.2) is 34.5 Å². The van der Waals surface area contributed by atoms with E-state index in [1.807, 2.05) is 18.2 Å². The Hall–Kier alpha value is -2.48. The first kappa shape index (κ1) is 22.2. The molecule has 7 nitrogen and oxygen atoms in total. The molecule has 162 valence electrons. The number of thioether (sulfide) groups is 1. The Balaban J connectivity index is 2.02. The molecule has 1 fully saturated rings. The van der Waals surface area contributed by atoms with Gasteiger partial charge in [-0.05, 0) is 37.0 Å². The summed E-state index contributed by atoms with van der Waals surface area (Å²) in [7, 11) is 2.91. The van der Waals surface area contributed by atoms with E-state index < -0.39 is 12.0 Å². The number of hydrogen-bond donors (Lipinski definition) is 0. The van der Waals surface area contributed by atoms with Crippen molar-refractivity contribution >= 4 is 28.8 Å². The third-order valence-electron chi connectivity index (χ3n) is 5.07. The van der Waals surface area contributed by atoms with Crippen molar-refractivity contribution in [2.24, 2.45) is 10.9 Å². The van der Waals surface area contributed by atoms with Gasteiger partial charge in [-0.2, -0.15) is 0 Å². The van der Waals surface area contributed by atoms with Gasteiger partial charge in [0, 0.05) is 12.2 Å². The second-order valence-corrected chi connectivity index (χ2v) is 8.65. The highest BCUT2D eigenvalue weighted by molar-refractivity contribution is 8.14. The Bertz CT molecular complexity index is 894. The van der Waals surface area contributed by atoms with Crippen molar-refractivity contribution in [2.45, 2.75) is 39.7 Å². The number of ether oxygens (including phenoxy) is 3. The van der Waals surface area contributed by atoms with Crippen molar-refractivity contribution in [1.29, 1.82) is 0 Å². The van der Waals surface area contributed by atoms with Crippen LogP contribution in [0.25, 0.3) is 0 Å². The highest BCUT2D eigenvalue weighted by Gasteiger charge is 2.41. The summed E-state index contributed by atoms with van der Waals surface area (Å²) in [5.74, 6) is 1.83. The van der Waals surface area contributed by atoms with Gasteiger partial charge in [-0.25, -0.2) is 9.79 Å². The standard InChI is InChI=1S/C22H28N2O5S/c1-13(2)8-10-29-16-7-6-15(12-17(16)27-4)20-19(21(26)28-5)14(3)23-22-24(20)18(25)9-11-30-22/h6-7,12-13,20H,8-11H2,1-5H3. The van der Waals surface area contributed by atoms with Gasteiger partial charge in [0.05, 0.1) is 38.1 Å². The summed E-state index contributed by atoms with van der Waals surface area (Å²) in [5.41, 5.74) is 1.65. The van der Waals surface area contributed by atoms with Crippen LogP contribution in [0.4, 0.5) is 0 Å². The van der Waals surface area contributed by atoms with Gasteiger partial charge in [0.1, 0.15) is 0 Å². The van der Waals surface area contributed by atoms with Crippen LogP contribution in [0.1, 0.15) is 45.2 Å². The number of allylic oxidation sites excluding steroid dienone is 1. The van der Waals surface area contributed by atoms with Crippen molar-refractivity contribution in [2.75, 3.05) is 26.6 Å². The van der Waals surface area contributed by atoms with Crippen LogP contribution in [0.2, 0.25) is 0 Å². The number of hydrogen-bond acceptors (Lipinski definition) is 7. The lowest BCUT2D eigenvalue weighted by Gasteiger charge is -2.38. The fourth-order valence-corrected chi connectivity index (χ4v) is 4.47. The molecule has 1 aromatic carbocycles. The van der Waals surface area contributed by atoms with Gasteiger partial charge in [-0.1, -0.05) is 31.7 Å². The molecule has 2 aliphatic rings. The maximum Gasteiger partial charge on any atom is 0.338 e. The summed E-state index contributed by atoms with van der Waals surface area (Å²) in [6, 6.07) is 4.89. The summed E-state index contributed by atoms with van der Waals surface area (Å²) < 4.78 is 16.5. The Labute approximate surface area is 181 Å². The van der Waals surface area contributed by atoms with Crippen LogP contribution in [-0.2, 0) is 14.3 Å². The van der Waals surface area contributed by atoms with Gasteiger partial charge in [-0.15, -0.1) is 0 Å². The number of fused-ring (bicyclic) bond motifs is 1. The largest absolute Gasteiger partial charge is 0.493 e. The van der Waals surface area contributed by atoms with E-state index in [2.05, 4.69) is 18.8 Å². The zero-order valence-corrected chi connectivity index (χ0v) is 18.9. The van der Waals surface area contributed by atoms with Crippen molar-refractivity contribution in [3.8, 4) is 11.5 Å². The number of aliphatic imine (C=N–C) groups is 1. The lowest BCUT2D eigenvalue weighted by Crippen LogP contribution is -2.45. The second kappa shape index (κ2) is 9.55. The number of carbonyl (C=O) groups is 2. The van der Waals surface area contributed by atoms with E-state index in [0.717, 1.165) is 12.0 Å². The number of amides is 1. The Morgan fingerprint density at radius 3 is 2.73 bits per heavy atom. The summed E-state index contributed by atoms with van der Waals surface area (Å²) in [4.78, 5) is 31.5. The van der Waals surface area contributed by atoms with E-state index >= 15 is 0 Å². The molecule has 1 atom stereocenters. The van der Waals surface area contributed by atoms with E-state index in [0.29, 0.717) is 52.6 Å². The molecule has 2 aliphatic heterocycles. The predicted molar refractivity (Wildman–Crippen MR) is 117 cm³/mol. The zero-order valence-electron chi connectivity index (χ0n) is 18.1. The van der Waals surface area contributed by atoms with Crippen LogP contribution >= 0.6 is 11.8 Å². The maximum atomic E-state index is 12.8. The molecule has 1 unspecified atom stereocenters. The zero-order chi connectivity index (χ0) is 21.8. The summed E-state index contributed by atoms with van der Waals surface area (Å²) in [6.07, 6.45) is 1.32. The molecular weight excluding hydrogens is 404 g/mol. The lowest BCUT2D eigenvalue weighted by atomic mass is 9.94. The molecule has 0 aromatic heterocycles. The van der Waals surface area contributed by atoms with Gasteiger partial charge < -0.3 is 14.2 Å². The first-order chi connectivity index (χ1) is 14.4. The molecule has 30 heavy (non-hydrogen) atoms. The highest BCUT2D eigenvalue weighted by Crippen LogP contribution is 2.42. The smallest absolute Gasteiger partial charge is 0.338 e. The topological polar surface area (TPSA) is 77.4 Å². The Kier molecular flexibility index (Phi) is 7.07. The van der Waals surface area contributed by atoms with E-state index in [9.17, 15) is 9.59 Å². The van der Waals surface area contributed by atoms with Crippen LogP contribution in [-0.4, -0.2) is 48.5 Å². The molecule has 1 aromatic rings. The number of carbonyl (C=O) groups excluding carboxylic acids is 2. The van der Waals surface area contributed by atoms with Gasteiger partial charge in [0.2, 0.25) is 5.91 Å². The predicted octanol–water partition coefficient (Wildman–Crippen LogP) is 3.94. The molecule has 0 N–H and O–H groups in total. The molecule has 2 heterocycles. The van der Waals surface area contributed by atoms with Gasteiger partial charge in [-0.3, -0.25) is 9.69 Å². The Morgan fingerprint density at radius 2 is 2.07 bits per heavy atom. The SMILES string of the molecule is COC(=O)C1=C(C)N=C2SCCC(=O)N2C1c1ccc(OCCC(C)C)c(OC)c1.